The van der Waals surface area contributed by atoms with Gasteiger partial charge in [-0.3, -0.25) is 4.79 Å². The molecule has 1 atom stereocenters. The quantitative estimate of drug-likeness (QED) is 0.159. The van der Waals surface area contributed by atoms with Crippen molar-refractivity contribution in [3.05, 3.63) is 112 Å². The highest BCUT2D eigenvalue weighted by Gasteiger charge is 2.42. The number of imidazole rings is 1. The maximum atomic E-state index is 14.2. The molecule has 0 saturated carbocycles. The Balaban J connectivity index is 1.01. The molecule has 0 radical (unpaired) electrons. The molecule has 1 unspecified atom stereocenters. The molecule has 14 heteroatoms. The van der Waals surface area contributed by atoms with E-state index in [9.17, 15) is 4.79 Å². The first kappa shape index (κ1) is 34.2. The van der Waals surface area contributed by atoms with Crippen LogP contribution < -0.4 is 9.64 Å². The Morgan fingerprint density at radius 3 is 2.67 bits per heavy atom. The van der Waals surface area contributed by atoms with Gasteiger partial charge in [0.25, 0.3) is 5.91 Å². The molecule has 0 bridgehead atoms. The van der Waals surface area contributed by atoms with E-state index in [-0.39, 0.29) is 11.3 Å². The second-order valence-electron chi connectivity index (χ2n) is 13.5. The van der Waals surface area contributed by atoms with Crippen molar-refractivity contribution >= 4 is 46.1 Å². The number of likely N-dealkylation sites (tertiary alicyclic amines) is 1. The monoisotopic (exact) mass is 739 g/mol. The van der Waals surface area contributed by atoms with E-state index in [1.165, 1.54) is 11.0 Å². The first-order valence-electron chi connectivity index (χ1n) is 17.5. The van der Waals surface area contributed by atoms with Crippen LogP contribution in [-0.2, 0) is 12.0 Å². The number of para-hydroxylation sites is 2. The van der Waals surface area contributed by atoms with Crippen molar-refractivity contribution in [3.63, 3.8) is 0 Å². The second-order valence-corrected chi connectivity index (χ2v) is 14.3. The number of rotatable bonds is 10. The summed E-state index contributed by atoms with van der Waals surface area (Å²) in [6, 6.07) is 23.5. The number of carbonyl (C=O) groups is 1. The maximum Gasteiger partial charge on any atom is 0.257 e. The molecule has 6 aromatic rings. The average Bonchev–Trinajstić information content (AvgIpc) is 4.00. The van der Waals surface area contributed by atoms with Crippen molar-refractivity contribution in [1.29, 1.82) is 0 Å². The highest BCUT2D eigenvalue weighted by atomic mass is 35.5. The number of nitrogens with zero attached hydrogens (tertiary/aromatic N) is 9. The van der Waals surface area contributed by atoms with Gasteiger partial charge in [-0.15, -0.1) is 5.10 Å². The smallest absolute Gasteiger partial charge is 0.257 e. The molecule has 1 amide bonds. The minimum atomic E-state index is -0.312. The van der Waals surface area contributed by atoms with Crippen LogP contribution in [0.1, 0.15) is 40.9 Å². The van der Waals surface area contributed by atoms with Crippen LogP contribution in [-0.4, -0.2) is 98.4 Å². The number of carbonyl (C=O) groups excluding carboxylic acids is 1. The van der Waals surface area contributed by atoms with Gasteiger partial charge < -0.3 is 28.4 Å². The lowest BCUT2D eigenvalue weighted by Gasteiger charge is -2.33. The second kappa shape index (κ2) is 14.6. The third-order valence-electron chi connectivity index (χ3n) is 10.5. The minimum Gasteiger partial charge on any atom is -0.496 e. The Morgan fingerprint density at radius 1 is 0.962 bits per heavy atom. The number of halogens is 2. The van der Waals surface area contributed by atoms with Gasteiger partial charge in [0, 0.05) is 38.1 Å². The van der Waals surface area contributed by atoms with Crippen LogP contribution in [0.3, 0.4) is 0 Å². The van der Waals surface area contributed by atoms with Crippen LogP contribution >= 0.6 is 23.2 Å². The van der Waals surface area contributed by atoms with Crippen molar-refractivity contribution in [1.82, 2.24) is 39.6 Å². The molecular formula is C38H39Cl2N9O3. The predicted molar refractivity (Wildman–Crippen MR) is 200 cm³/mol. The van der Waals surface area contributed by atoms with E-state index < -0.39 is 0 Å². The fourth-order valence-corrected chi connectivity index (χ4v) is 7.99. The summed E-state index contributed by atoms with van der Waals surface area (Å²) in [4.78, 5) is 26.2. The summed E-state index contributed by atoms with van der Waals surface area (Å²) >= 11 is 13.0. The Hall–Kier alpha value is -4.91. The Kier molecular flexibility index (Phi) is 9.61. The molecule has 2 aliphatic heterocycles. The molecular weight excluding hydrogens is 701 g/mol. The van der Waals surface area contributed by atoms with E-state index in [1.54, 1.807) is 25.5 Å². The van der Waals surface area contributed by atoms with E-state index in [4.69, 9.17) is 37.3 Å². The van der Waals surface area contributed by atoms with Gasteiger partial charge in [-0.25, -0.2) is 9.67 Å². The maximum absolute atomic E-state index is 14.2. The highest BCUT2D eigenvalue weighted by Crippen LogP contribution is 2.41. The van der Waals surface area contributed by atoms with Crippen molar-refractivity contribution in [2.24, 2.45) is 0 Å². The zero-order chi connectivity index (χ0) is 35.7. The molecule has 12 nitrogen and oxygen atoms in total. The fourth-order valence-electron chi connectivity index (χ4n) is 7.70. The minimum absolute atomic E-state index is 0.100. The van der Waals surface area contributed by atoms with Gasteiger partial charge in [-0.1, -0.05) is 41.4 Å². The number of hydrogen-bond donors (Lipinski definition) is 0. The molecule has 268 valence electrons. The number of benzene rings is 3. The van der Waals surface area contributed by atoms with Crippen molar-refractivity contribution in [2.45, 2.75) is 31.2 Å². The number of methoxy groups -OCH3 is 1. The van der Waals surface area contributed by atoms with Gasteiger partial charge in [-0.2, -0.15) is 0 Å². The first-order chi connectivity index (χ1) is 25.4. The predicted octanol–water partition coefficient (Wildman–Crippen LogP) is 6.36. The van der Waals surface area contributed by atoms with Crippen molar-refractivity contribution in [2.75, 3.05) is 57.8 Å². The number of fused-ring (bicyclic) bond motifs is 1. The van der Waals surface area contributed by atoms with Crippen molar-refractivity contribution in [3.8, 4) is 11.4 Å². The Labute approximate surface area is 311 Å². The van der Waals surface area contributed by atoms with Gasteiger partial charge in [0.05, 0.1) is 52.2 Å². The molecule has 0 N–H and O–H groups in total. The molecule has 8 rings (SSSR count). The summed E-state index contributed by atoms with van der Waals surface area (Å²) in [7, 11) is 1.57. The Morgan fingerprint density at radius 2 is 1.87 bits per heavy atom. The SMILES string of the molecule is COc1ccc(-n2cnnn2)cc1C(=O)N1CCC(CCN2CCCN(c3nc4ccccc4n3Cc3ccco3)CC2)(c2ccc(Cl)c(Cl)c2)C1. The lowest BCUT2D eigenvalue weighted by Crippen LogP contribution is -2.39. The largest absolute Gasteiger partial charge is 0.496 e. The van der Waals surface area contributed by atoms with E-state index in [1.807, 2.05) is 41.3 Å². The lowest BCUT2D eigenvalue weighted by atomic mass is 9.76. The third-order valence-corrected chi connectivity index (χ3v) is 11.2. The number of aromatic nitrogens is 6. The number of hydrogen-bond acceptors (Lipinski definition) is 9. The first-order valence-corrected chi connectivity index (χ1v) is 18.3. The molecule has 2 fully saturated rings. The number of tetrazole rings is 1. The fraction of sp³-hybridized carbons (Fsp3) is 0.342. The van der Waals surface area contributed by atoms with Crippen LogP contribution in [0, 0.1) is 0 Å². The van der Waals surface area contributed by atoms with E-state index in [0.717, 1.165) is 80.3 Å². The summed E-state index contributed by atoms with van der Waals surface area (Å²) in [5, 5.41) is 12.5. The Bertz CT molecular complexity index is 2170. The number of ether oxygens (including phenoxy) is 1. The molecule has 3 aromatic heterocycles. The van der Waals surface area contributed by atoms with Gasteiger partial charge >= 0.3 is 0 Å². The van der Waals surface area contributed by atoms with Crippen LogP contribution in [0.4, 0.5) is 5.95 Å². The molecule has 0 spiro atoms. The average molecular weight is 741 g/mol. The van der Waals surface area contributed by atoms with Crippen LogP contribution in [0.25, 0.3) is 16.7 Å². The lowest BCUT2D eigenvalue weighted by molar-refractivity contribution is 0.0777. The zero-order valence-electron chi connectivity index (χ0n) is 28.9. The summed E-state index contributed by atoms with van der Waals surface area (Å²) < 4.78 is 15.2. The van der Waals surface area contributed by atoms with E-state index >= 15 is 0 Å². The van der Waals surface area contributed by atoms with E-state index in [2.05, 4.69) is 54.2 Å². The molecule has 0 aliphatic carbocycles. The van der Waals surface area contributed by atoms with Crippen molar-refractivity contribution < 1.29 is 13.9 Å². The summed E-state index contributed by atoms with van der Waals surface area (Å²) in [5.74, 6) is 2.27. The number of amides is 1. The van der Waals surface area contributed by atoms with Crippen LogP contribution in [0.5, 0.6) is 5.75 Å². The topological polar surface area (TPSA) is 111 Å². The zero-order valence-corrected chi connectivity index (χ0v) is 30.4. The number of anilines is 1. The molecule has 2 aliphatic rings. The summed E-state index contributed by atoms with van der Waals surface area (Å²) in [6.45, 7) is 6.25. The summed E-state index contributed by atoms with van der Waals surface area (Å²) in [6.07, 6.45) is 5.87. The normalized spacial score (nSPS) is 18.3. The molecule has 5 heterocycles. The van der Waals surface area contributed by atoms with Gasteiger partial charge in [-0.05, 0) is 103 Å². The van der Waals surface area contributed by atoms with E-state index in [0.29, 0.717) is 46.7 Å². The van der Waals surface area contributed by atoms with Crippen LogP contribution in [0.15, 0.2) is 89.8 Å². The molecule has 3 aromatic carbocycles. The van der Waals surface area contributed by atoms with Gasteiger partial charge in [0.2, 0.25) is 5.95 Å². The summed E-state index contributed by atoms with van der Waals surface area (Å²) in [5.41, 5.74) is 4.00. The molecule has 2 saturated heterocycles. The van der Waals surface area contributed by atoms with Crippen LogP contribution in [0.2, 0.25) is 10.0 Å². The third kappa shape index (κ3) is 6.73. The van der Waals surface area contributed by atoms with Gasteiger partial charge in [0.15, 0.2) is 0 Å². The number of furan rings is 1. The van der Waals surface area contributed by atoms with Gasteiger partial charge in [0.1, 0.15) is 17.8 Å². The highest BCUT2D eigenvalue weighted by molar-refractivity contribution is 6.42. The standard InChI is InChI=1S/C38H39Cl2N9O3/c1-51-35-12-10-28(49-26-41-43-44-49)23-30(35)36(50)47-18-14-38(25-47,27-9-11-31(39)32(40)22-27)13-17-45-15-5-16-46(20-19-45)37-42-33-7-2-3-8-34(33)48(37)24-29-6-4-21-52-29/h2-4,6-12,21-23,26H,5,13-20,24-25H2,1H3. The molecule has 52 heavy (non-hydrogen) atoms.